The predicted molar refractivity (Wildman–Crippen MR) is 88.9 cm³/mol. The van der Waals surface area contributed by atoms with Gasteiger partial charge in [0.1, 0.15) is 0 Å². The fraction of sp³-hybridized carbons (Fsp3) is 0.375. The highest BCUT2D eigenvalue weighted by Gasteiger charge is 2.21. The van der Waals surface area contributed by atoms with E-state index in [2.05, 4.69) is 28.1 Å². The summed E-state index contributed by atoms with van der Waals surface area (Å²) in [6.07, 6.45) is 5.80. The van der Waals surface area contributed by atoms with Crippen LogP contribution in [0, 0.1) is 0 Å². The molecule has 2 heterocycles. The molecular formula is C16H19N3OS. The van der Waals surface area contributed by atoms with Crippen molar-refractivity contribution in [3.8, 4) is 0 Å². The van der Waals surface area contributed by atoms with Gasteiger partial charge in [0.2, 0.25) is 5.91 Å². The lowest BCUT2D eigenvalue weighted by Crippen LogP contribution is -2.49. The van der Waals surface area contributed by atoms with Crippen LogP contribution in [0.15, 0.2) is 36.7 Å². The van der Waals surface area contributed by atoms with E-state index in [0.717, 1.165) is 31.6 Å². The highest BCUT2D eigenvalue weighted by atomic mass is 32.2. The first kappa shape index (κ1) is 14.2. The molecule has 0 atom stereocenters. The summed E-state index contributed by atoms with van der Waals surface area (Å²) < 4.78 is 0. The molecule has 3 rings (SSSR count). The second kappa shape index (κ2) is 6.35. The molecule has 0 unspecified atom stereocenters. The average molecular weight is 301 g/mol. The summed E-state index contributed by atoms with van der Waals surface area (Å²) in [5.41, 5.74) is 1.17. The largest absolute Gasteiger partial charge is 0.366 e. The molecule has 21 heavy (non-hydrogen) atoms. The Morgan fingerprint density at radius 3 is 2.71 bits per heavy atom. The Labute approximate surface area is 129 Å². The van der Waals surface area contributed by atoms with Crippen molar-refractivity contribution >= 4 is 34.1 Å². The first-order valence-corrected chi connectivity index (χ1v) is 8.53. The number of anilines is 1. The number of hydrogen-bond acceptors (Lipinski definition) is 4. The topological polar surface area (TPSA) is 36.4 Å². The molecule has 0 N–H and O–H groups in total. The van der Waals surface area contributed by atoms with E-state index in [1.807, 2.05) is 29.6 Å². The normalized spacial score (nSPS) is 15.5. The number of fused-ring (bicyclic) bond motifs is 1. The van der Waals surface area contributed by atoms with Crippen molar-refractivity contribution in [1.29, 1.82) is 0 Å². The van der Waals surface area contributed by atoms with Crippen LogP contribution in [0.2, 0.25) is 0 Å². The van der Waals surface area contributed by atoms with E-state index in [1.54, 1.807) is 11.8 Å². The minimum atomic E-state index is 0.248. The Morgan fingerprint density at radius 1 is 1.19 bits per heavy atom. The van der Waals surface area contributed by atoms with Gasteiger partial charge in [0.15, 0.2) is 0 Å². The smallest absolute Gasteiger partial charge is 0.232 e. The van der Waals surface area contributed by atoms with Crippen molar-refractivity contribution in [3.63, 3.8) is 0 Å². The van der Waals surface area contributed by atoms with Gasteiger partial charge in [0, 0.05) is 43.1 Å². The summed E-state index contributed by atoms with van der Waals surface area (Å²) in [6, 6.07) is 8.32. The quantitative estimate of drug-likeness (QED) is 0.871. The van der Waals surface area contributed by atoms with E-state index in [-0.39, 0.29) is 5.91 Å². The molecule has 2 aromatic rings. The van der Waals surface area contributed by atoms with Crippen molar-refractivity contribution in [2.75, 3.05) is 43.1 Å². The van der Waals surface area contributed by atoms with E-state index < -0.39 is 0 Å². The van der Waals surface area contributed by atoms with Crippen molar-refractivity contribution in [2.24, 2.45) is 0 Å². The highest BCUT2D eigenvalue weighted by Crippen LogP contribution is 2.26. The summed E-state index contributed by atoms with van der Waals surface area (Å²) >= 11 is 1.59. The zero-order valence-corrected chi connectivity index (χ0v) is 13.0. The molecule has 1 aromatic carbocycles. The third kappa shape index (κ3) is 2.97. The van der Waals surface area contributed by atoms with Crippen LogP contribution in [-0.4, -0.2) is 54.0 Å². The van der Waals surface area contributed by atoms with Crippen LogP contribution in [-0.2, 0) is 4.79 Å². The maximum Gasteiger partial charge on any atom is 0.232 e. The number of piperazine rings is 1. The van der Waals surface area contributed by atoms with Crippen LogP contribution >= 0.6 is 11.8 Å². The predicted octanol–water partition coefficient (Wildman–Crippen LogP) is 2.25. The van der Waals surface area contributed by atoms with Gasteiger partial charge in [-0.15, -0.1) is 0 Å². The van der Waals surface area contributed by atoms with Gasteiger partial charge < -0.3 is 9.80 Å². The molecule has 0 saturated carbocycles. The summed E-state index contributed by atoms with van der Waals surface area (Å²) in [7, 11) is 0. The van der Waals surface area contributed by atoms with Gasteiger partial charge in [0.25, 0.3) is 0 Å². The number of rotatable bonds is 3. The molecule has 0 spiro atoms. The standard InChI is InChI=1S/C16H19N3OS/c1-21-12-16(20)19-8-6-18(7-9-19)15-11-17-10-13-4-2-3-5-14(13)15/h2-5,10-11H,6-9,12H2,1H3. The lowest BCUT2D eigenvalue weighted by atomic mass is 10.1. The van der Waals surface area contributed by atoms with Crippen molar-refractivity contribution in [3.05, 3.63) is 36.7 Å². The Balaban J connectivity index is 1.76. The number of nitrogens with zero attached hydrogens (tertiary/aromatic N) is 3. The van der Waals surface area contributed by atoms with E-state index in [9.17, 15) is 4.79 Å². The number of pyridine rings is 1. The van der Waals surface area contributed by atoms with Gasteiger partial charge in [-0.25, -0.2) is 0 Å². The Morgan fingerprint density at radius 2 is 1.95 bits per heavy atom. The molecule has 1 aliphatic rings. The summed E-state index contributed by atoms with van der Waals surface area (Å²) in [5.74, 6) is 0.828. The maximum atomic E-state index is 11.9. The molecule has 0 radical (unpaired) electrons. The maximum absolute atomic E-state index is 11.9. The van der Waals surface area contributed by atoms with Crippen LogP contribution in [0.3, 0.4) is 0 Å². The third-order valence-electron chi connectivity index (χ3n) is 3.89. The fourth-order valence-corrected chi connectivity index (χ4v) is 3.19. The minimum Gasteiger partial charge on any atom is -0.366 e. The lowest BCUT2D eigenvalue weighted by molar-refractivity contribution is -0.128. The zero-order valence-electron chi connectivity index (χ0n) is 12.2. The molecule has 5 heteroatoms. The number of thioether (sulfide) groups is 1. The minimum absolute atomic E-state index is 0.248. The van der Waals surface area contributed by atoms with Crippen LogP contribution in [0.1, 0.15) is 0 Å². The molecule has 1 aliphatic heterocycles. The van der Waals surface area contributed by atoms with Crippen LogP contribution in [0.5, 0.6) is 0 Å². The zero-order chi connectivity index (χ0) is 14.7. The number of carbonyl (C=O) groups is 1. The second-order valence-corrected chi connectivity index (χ2v) is 6.05. The van der Waals surface area contributed by atoms with E-state index >= 15 is 0 Å². The van der Waals surface area contributed by atoms with Gasteiger partial charge >= 0.3 is 0 Å². The van der Waals surface area contributed by atoms with Gasteiger partial charge in [-0.05, 0) is 6.26 Å². The molecule has 1 aromatic heterocycles. The molecular weight excluding hydrogens is 282 g/mol. The van der Waals surface area contributed by atoms with E-state index in [1.165, 1.54) is 11.1 Å². The number of carbonyl (C=O) groups excluding carboxylic acids is 1. The van der Waals surface area contributed by atoms with Crippen molar-refractivity contribution in [2.45, 2.75) is 0 Å². The molecule has 4 nitrogen and oxygen atoms in total. The summed E-state index contributed by atoms with van der Waals surface area (Å²) in [5, 5.41) is 2.40. The lowest BCUT2D eigenvalue weighted by Gasteiger charge is -2.36. The van der Waals surface area contributed by atoms with Gasteiger partial charge in [-0.2, -0.15) is 11.8 Å². The van der Waals surface area contributed by atoms with Crippen LogP contribution in [0.25, 0.3) is 10.8 Å². The number of hydrogen-bond donors (Lipinski definition) is 0. The monoisotopic (exact) mass is 301 g/mol. The number of aromatic nitrogens is 1. The Kier molecular flexibility index (Phi) is 4.29. The first-order chi connectivity index (χ1) is 10.3. The highest BCUT2D eigenvalue weighted by molar-refractivity contribution is 7.99. The van der Waals surface area contributed by atoms with E-state index in [0.29, 0.717) is 5.75 Å². The Hall–Kier alpha value is -1.75. The first-order valence-electron chi connectivity index (χ1n) is 7.14. The number of amides is 1. The van der Waals surface area contributed by atoms with Crippen molar-refractivity contribution < 1.29 is 4.79 Å². The molecule has 1 amide bonds. The van der Waals surface area contributed by atoms with Crippen LogP contribution in [0.4, 0.5) is 5.69 Å². The average Bonchev–Trinajstić information content (AvgIpc) is 2.55. The van der Waals surface area contributed by atoms with Crippen molar-refractivity contribution in [1.82, 2.24) is 9.88 Å². The Bertz CT molecular complexity index is 633. The molecule has 1 fully saturated rings. The van der Waals surface area contributed by atoms with E-state index in [4.69, 9.17) is 0 Å². The molecule has 110 valence electrons. The molecule has 0 bridgehead atoms. The fourth-order valence-electron chi connectivity index (χ4n) is 2.76. The van der Waals surface area contributed by atoms with Gasteiger partial charge in [-0.1, -0.05) is 24.3 Å². The van der Waals surface area contributed by atoms with Gasteiger partial charge in [0.05, 0.1) is 17.6 Å². The van der Waals surface area contributed by atoms with Crippen LogP contribution < -0.4 is 4.90 Å². The summed E-state index contributed by atoms with van der Waals surface area (Å²) in [4.78, 5) is 20.6. The summed E-state index contributed by atoms with van der Waals surface area (Å²) in [6.45, 7) is 3.33. The number of benzene rings is 1. The second-order valence-electron chi connectivity index (χ2n) is 5.18. The SMILES string of the molecule is CSCC(=O)N1CCN(c2cncc3ccccc23)CC1. The molecule has 1 saturated heterocycles. The third-order valence-corrected chi connectivity index (χ3v) is 4.42. The van der Waals surface area contributed by atoms with Gasteiger partial charge in [-0.3, -0.25) is 9.78 Å². The molecule has 0 aliphatic carbocycles.